The van der Waals surface area contributed by atoms with Crippen molar-refractivity contribution in [1.29, 1.82) is 0 Å². The lowest BCUT2D eigenvalue weighted by Crippen LogP contribution is -2.43. The van der Waals surface area contributed by atoms with E-state index in [1.807, 2.05) is 0 Å². The van der Waals surface area contributed by atoms with E-state index < -0.39 is 0 Å². The molecule has 0 aliphatic heterocycles. The molecule has 0 fully saturated rings. The van der Waals surface area contributed by atoms with Crippen molar-refractivity contribution >= 4 is 0 Å². The second-order valence-corrected chi connectivity index (χ2v) is 3.12. The summed E-state index contributed by atoms with van der Waals surface area (Å²) in [4.78, 5) is 0. The zero-order valence-corrected chi connectivity index (χ0v) is 8.28. The lowest BCUT2D eigenvalue weighted by atomic mass is 10.3. The maximum absolute atomic E-state index is 3.20. The molecule has 1 heteroatoms. The predicted octanol–water partition coefficient (Wildman–Crippen LogP) is 1.89. The van der Waals surface area contributed by atoms with E-state index in [1.165, 1.54) is 13.1 Å². The van der Waals surface area contributed by atoms with Crippen LogP contribution in [-0.4, -0.2) is 31.2 Å². The molecule has 0 unspecified atom stereocenters. The molecule has 0 atom stereocenters. The van der Waals surface area contributed by atoms with Gasteiger partial charge in [0.25, 0.3) is 0 Å². The smallest absolute Gasteiger partial charge is 0.140 e. The second-order valence-electron chi connectivity index (χ2n) is 3.12. The normalized spacial score (nSPS) is 10.5. The highest BCUT2D eigenvalue weighted by Crippen LogP contribution is 1.98. The molecule has 0 bridgehead atoms. The lowest BCUT2D eigenvalue weighted by Gasteiger charge is -2.29. The summed E-state index contributed by atoms with van der Waals surface area (Å²) in [6.45, 7) is 9.88. The fourth-order valence-electron chi connectivity index (χ4n) is 0.819. The van der Waals surface area contributed by atoms with Gasteiger partial charge in [0.2, 0.25) is 0 Å². The highest BCUT2D eigenvalue weighted by atomic mass is 15.3. The van der Waals surface area contributed by atoms with Crippen LogP contribution in [0.15, 0.2) is 0 Å². The minimum atomic E-state index is 0.980. The Morgan fingerprint density at radius 2 is 1.55 bits per heavy atom. The van der Waals surface area contributed by atoms with Gasteiger partial charge in [0.1, 0.15) is 6.54 Å². The molecule has 64 valence electrons. The molecular weight excluding hydrogens is 134 g/mol. The van der Waals surface area contributed by atoms with Crippen molar-refractivity contribution in [2.24, 2.45) is 0 Å². The van der Waals surface area contributed by atoms with Crippen molar-refractivity contribution in [2.75, 3.05) is 26.7 Å². The molecule has 0 radical (unpaired) electrons. The third-order valence-corrected chi connectivity index (χ3v) is 2.29. The average Bonchev–Trinajstić information content (AvgIpc) is 2.05. The molecule has 0 aromatic rings. The van der Waals surface area contributed by atoms with E-state index in [1.54, 1.807) is 0 Å². The van der Waals surface area contributed by atoms with Gasteiger partial charge in [-0.05, 0) is 19.8 Å². The van der Waals surface area contributed by atoms with Gasteiger partial charge < -0.3 is 4.48 Å². The van der Waals surface area contributed by atoms with Gasteiger partial charge >= 0.3 is 0 Å². The molecule has 0 N–H and O–H groups in total. The summed E-state index contributed by atoms with van der Waals surface area (Å²) in [5, 5.41) is 0. The van der Waals surface area contributed by atoms with Crippen LogP contribution in [0.1, 0.15) is 27.2 Å². The fraction of sp³-hybridized carbons (Fsp3) is 0.800. The van der Waals surface area contributed by atoms with Gasteiger partial charge in [0, 0.05) is 6.42 Å². The van der Waals surface area contributed by atoms with Crippen molar-refractivity contribution in [1.82, 2.24) is 0 Å². The van der Waals surface area contributed by atoms with Gasteiger partial charge in [-0.25, -0.2) is 0 Å². The largest absolute Gasteiger partial charge is 0.316 e. The topological polar surface area (TPSA) is 0 Å². The maximum Gasteiger partial charge on any atom is 0.140 e. The van der Waals surface area contributed by atoms with Crippen LogP contribution in [0.25, 0.3) is 0 Å². The molecule has 0 saturated heterocycles. The summed E-state index contributed by atoms with van der Waals surface area (Å²) >= 11 is 0. The van der Waals surface area contributed by atoms with E-state index in [0.29, 0.717) is 0 Å². The highest BCUT2D eigenvalue weighted by molar-refractivity contribution is 4.97. The Hall–Kier alpha value is -0.480. The summed E-state index contributed by atoms with van der Waals surface area (Å²) < 4.78 is 1.08. The van der Waals surface area contributed by atoms with Crippen LogP contribution < -0.4 is 0 Å². The Bertz CT molecular complexity index is 146. The van der Waals surface area contributed by atoms with Crippen LogP contribution in [0.3, 0.4) is 0 Å². The molecular formula is C10H20N+. The highest BCUT2D eigenvalue weighted by Gasteiger charge is 2.12. The number of hydrogen-bond donors (Lipinski definition) is 0. The van der Waals surface area contributed by atoms with Crippen LogP contribution in [0.5, 0.6) is 0 Å². The first kappa shape index (κ1) is 10.5. The van der Waals surface area contributed by atoms with Gasteiger partial charge in [-0.3, -0.25) is 0 Å². The standard InChI is InChI=1S/C10H20N/c1-5-8-9-10-11(4,6-2)7-3/h5-7,10H2,1-4H3/q+1. The van der Waals surface area contributed by atoms with Gasteiger partial charge in [0.05, 0.1) is 20.1 Å². The van der Waals surface area contributed by atoms with Crippen molar-refractivity contribution in [3.63, 3.8) is 0 Å². The zero-order chi connectivity index (χ0) is 8.74. The lowest BCUT2D eigenvalue weighted by molar-refractivity contribution is -0.899. The first-order valence-electron chi connectivity index (χ1n) is 4.47. The van der Waals surface area contributed by atoms with Crippen LogP contribution in [0, 0.1) is 11.8 Å². The quantitative estimate of drug-likeness (QED) is 0.430. The van der Waals surface area contributed by atoms with E-state index >= 15 is 0 Å². The van der Waals surface area contributed by atoms with E-state index in [0.717, 1.165) is 17.4 Å². The molecule has 1 nitrogen and oxygen atoms in total. The molecule has 0 aliphatic carbocycles. The Morgan fingerprint density at radius 1 is 1.00 bits per heavy atom. The van der Waals surface area contributed by atoms with E-state index in [-0.39, 0.29) is 0 Å². The molecule has 0 aromatic carbocycles. The van der Waals surface area contributed by atoms with Crippen LogP contribution in [-0.2, 0) is 0 Å². The number of rotatable bonds is 3. The van der Waals surface area contributed by atoms with Crippen LogP contribution >= 0.6 is 0 Å². The maximum atomic E-state index is 3.20. The first-order valence-corrected chi connectivity index (χ1v) is 4.47. The summed E-state index contributed by atoms with van der Waals surface area (Å²) in [5.41, 5.74) is 0. The third kappa shape index (κ3) is 4.06. The summed E-state index contributed by atoms with van der Waals surface area (Å²) in [7, 11) is 2.25. The van der Waals surface area contributed by atoms with Crippen LogP contribution in [0.2, 0.25) is 0 Å². The van der Waals surface area contributed by atoms with Gasteiger partial charge in [-0.1, -0.05) is 12.8 Å². The minimum absolute atomic E-state index is 0.980. The molecule has 0 heterocycles. The van der Waals surface area contributed by atoms with Crippen molar-refractivity contribution in [3.8, 4) is 11.8 Å². The van der Waals surface area contributed by atoms with Crippen LogP contribution in [0.4, 0.5) is 0 Å². The van der Waals surface area contributed by atoms with E-state index in [9.17, 15) is 0 Å². The Kier molecular flexibility index (Phi) is 4.98. The zero-order valence-electron chi connectivity index (χ0n) is 8.28. The Balaban J connectivity index is 3.87. The Morgan fingerprint density at radius 3 is 1.91 bits per heavy atom. The fourth-order valence-corrected chi connectivity index (χ4v) is 0.819. The number of nitrogens with zero attached hydrogens (tertiary/aromatic N) is 1. The van der Waals surface area contributed by atoms with Crippen molar-refractivity contribution in [2.45, 2.75) is 27.2 Å². The molecule has 0 spiro atoms. The molecule has 0 amide bonds. The van der Waals surface area contributed by atoms with E-state index in [2.05, 4.69) is 39.7 Å². The molecule has 0 saturated carbocycles. The molecule has 0 aliphatic rings. The predicted molar refractivity (Wildman–Crippen MR) is 50.2 cm³/mol. The van der Waals surface area contributed by atoms with Gasteiger partial charge in [-0.15, -0.1) is 0 Å². The summed E-state index contributed by atoms with van der Waals surface area (Å²) in [5.74, 6) is 6.31. The van der Waals surface area contributed by atoms with E-state index in [4.69, 9.17) is 0 Å². The molecule has 0 rings (SSSR count). The third-order valence-electron chi connectivity index (χ3n) is 2.29. The SMILES string of the molecule is CCC#CC[N+](C)(CC)CC. The average molecular weight is 154 g/mol. The second kappa shape index (κ2) is 5.21. The number of hydrogen-bond acceptors (Lipinski definition) is 0. The van der Waals surface area contributed by atoms with Crippen molar-refractivity contribution < 1.29 is 4.48 Å². The number of quaternary nitrogens is 1. The summed E-state index contributed by atoms with van der Waals surface area (Å²) in [6, 6.07) is 0. The first-order chi connectivity index (χ1) is 5.18. The molecule has 11 heavy (non-hydrogen) atoms. The monoisotopic (exact) mass is 154 g/mol. The van der Waals surface area contributed by atoms with Gasteiger partial charge in [-0.2, -0.15) is 0 Å². The summed E-state index contributed by atoms with van der Waals surface area (Å²) in [6.07, 6.45) is 0.980. The van der Waals surface area contributed by atoms with Crippen molar-refractivity contribution in [3.05, 3.63) is 0 Å². The van der Waals surface area contributed by atoms with Gasteiger partial charge in [0.15, 0.2) is 0 Å². The minimum Gasteiger partial charge on any atom is -0.316 e. The Labute approximate surface area is 71.0 Å². The molecule has 0 aromatic heterocycles.